The smallest absolute Gasteiger partial charge is 0.118 e. The van der Waals surface area contributed by atoms with E-state index in [1.165, 1.54) is 0 Å². The van der Waals surface area contributed by atoms with Gasteiger partial charge in [0.1, 0.15) is 5.75 Å². The Morgan fingerprint density at radius 3 is 2.39 bits per heavy atom. The molecule has 0 bridgehead atoms. The molecule has 1 aromatic rings. The van der Waals surface area contributed by atoms with Gasteiger partial charge in [0.05, 0.1) is 19.3 Å². The number of ether oxygens (including phenoxy) is 1. The highest BCUT2D eigenvalue weighted by Gasteiger charge is 2.43. The number of methoxy groups -OCH3 is 1. The molecule has 1 aliphatic carbocycles. The molecule has 0 amide bonds. The first kappa shape index (κ1) is 16.7. The Bertz CT molecular complexity index is 499. The van der Waals surface area contributed by atoms with E-state index in [1.54, 1.807) is 7.11 Å². The molecule has 128 valence electrons. The minimum absolute atomic E-state index is 0.0909. The van der Waals surface area contributed by atoms with Crippen molar-refractivity contribution in [2.75, 3.05) is 27.2 Å². The van der Waals surface area contributed by atoms with E-state index < -0.39 is 12.2 Å². The van der Waals surface area contributed by atoms with Gasteiger partial charge in [0.2, 0.25) is 0 Å². The molecule has 1 saturated heterocycles. The fourth-order valence-corrected chi connectivity index (χ4v) is 3.88. The van der Waals surface area contributed by atoms with Crippen LogP contribution in [0, 0.1) is 0 Å². The molecule has 1 aliphatic heterocycles. The molecule has 2 fully saturated rings. The Kier molecular flexibility index (Phi) is 5.21. The van der Waals surface area contributed by atoms with Crippen molar-refractivity contribution in [2.45, 2.75) is 49.5 Å². The van der Waals surface area contributed by atoms with E-state index in [4.69, 9.17) is 4.74 Å². The molecule has 0 spiro atoms. The fourth-order valence-electron chi connectivity index (χ4n) is 3.88. The summed E-state index contributed by atoms with van der Waals surface area (Å²) in [4.78, 5) is 2.33. The predicted octanol–water partition coefficient (Wildman–Crippen LogP) is 0.957. The van der Waals surface area contributed by atoms with E-state index in [9.17, 15) is 10.2 Å². The molecule has 3 N–H and O–H groups in total. The Morgan fingerprint density at radius 2 is 1.78 bits per heavy atom. The van der Waals surface area contributed by atoms with Crippen molar-refractivity contribution in [2.24, 2.45) is 0 Å². The van der Waals surface area contributed by atoms with Crippen LogP contribution in [0.5, 0.6) is 5.75 Å². The molecule has 0 radical (unpaired) electrons. The largest absolute Gasteiger partial charge is 0.497 e. The number of nitrogens with zero attached hydrogens (tertiary/aromatic N) is 1. The van der Waals surface area contributed by atoms with Crippen LogP contribution >= 0.6 is 0 Å². The lowest BCUT2D eigenvalue weighted by molar-refractivity contribution is 0.0262. The highest BCUT2D eigenvalue weighted by atomic mass is 16.5. The molecule has 0 unspecified atom stereocenters. The van der Waals surface area contributed by atoms with Crippen LogP contribution in [0.2, 0.25) is 0 Å². The number of benzene rings is 1. The second-order valence-corrected chi connectivity index (χ2v) is 6.94. The van der Waals surface area contributed by atoms with Crippen LogP contribution in [0.25, 0.3) is 0 Å². The van der Waals surface area contributed by atoms with Crippen molar-refractivity contribution in [3.8, 4) is 5.75 Å². The third-order valence-corrected chi connectivity index (χ3v) is 5.38. The molecule has 1 heterocycles. The van der Waals surface area contributed by atoms with Gasteiger partial charge in [0.25, 0.3) is 0 Å². The Labute approximate surface area is 138 Å². The molecule has 4 atom stereocenters. The predicted molar refractivity (Wildman–Crippen MR) is 89.8 cm³/mol. The number of hydrogen-bond donors (Lipinski definition) is 3. The molecule has 5 nitrogen and oxygen atoms in total. The third-order valence-electron chi connectivity index (χ3n) is 5.38. The van der Waals surface area contributed by atoms with Crippen molar-refractivity contribution in [1.29, 1.82) is 0 Å². The lowest BCUT2D eigenvalue weighted by Gasteiger charge is -2.34. The Morgan fingerprint density at radius 1 is 1.13 bits per heavy atom. The quantitative estimate of drug-likeness (QED) is 0.771. The number of rotatable bonds is 4. The summed E-state index contributed by atoms with van der Waals surface area (Å²) in [5.41, 5.74) is 1.15. The molecular formula is C18H28N2O3. The average molecular weight is 320 g/mol. The summed E-state index contributed by atoms with van der Waals surface area (Å²) in [6.45, 7) is 2.16. The second-order valence-electron chi connectivity index (χ2n) is 6.94. The van der Waals surface area contributed by atoms with E-state index in [-0.39, 0.29) is 12.0 Å². The van der Waals surface area contributed by atoms with Crippen LogP contribution in [-0.2, 0) is 0 Å². The second kappa shape index (κ2) is 7.18. The maximum absolute atomic E-state index is 10.4. The van der Waals surface area contributed by atoms with Crippen LogP contribution in [0.1, 0.15) is 30.7 Å². The highest BCUT2D eigenvalue weighted by molar-refractivity contribution is 5.32. The maximum atomic E-state index is 10.4. The van der Waals surface area contributed by atoms with E-state index in [0.717, 1.165) is 37.2 Å². The van der Waals surface area contributed by atoms with Gasteiger partial charge in [0, 0.05) is 18.0 Å². The van der Waals surface area contributed by atoms with Crippen molar-refractivity contribution in [3.63, 3.8) is 0 Å². The Hall–Kier alpha value is -1.14. The summed E-state index contributed by atoms with van der Waals surface area (Å²) in [6.07, 6.45) is 1.40. The average Bonchev–Trinajstić information content (AvgIpc) is 2.85. The monoisotopic (exact) mass is 320 g/mol. The van der Waals surface area contributed by atoms with Crippen LogP contribution in [-0.4, -0.2) is 66.7 Å². The van der Waals surface area contributed by atoms with Gasteiger partial charge in [0.15, 0.2) is 0 Å². The summed E-state index contributed by atoms with van der Waals surface area (Å²) in [6, 6.07) is 8.29. The van der Waals surface area contributed by atoms with Gasteiger partial charge in [-0.05, 0) is 57.1 Å². The summed E-state index contributed by atoms with van der Waals surface area (Å²) in [7, 11) is 3.80. The van der Waals surface area contributed by atoms with Crippen molar-refractivity contribution in [1.82, 2.24) is 10.2 Å². The minimum atomic E-state index is -0.707. The lowest BCUT2D eigenvalue weighted by atomic mass is 9.92. The number of hydrogen-bond acceptors (Lipinski definition) is 5. The summed E-state index contributed by atoms with van der Waals surface area (Å²) in [5.74, 6) is 0.957. The third kappa shape index (κ3) is 3.69. The first-order valence-electron chi connectivity index (χ1n) is 8.53. The van der Waals surface area contributed by atoms with E-state index in [1.807, 2.05) is 24.3 Å². The van der Waals surface area contributed by atoms with Gasteiger partial charge in [-0.3, -0.25) is 0 Å². The van der Waals surface area contributed by atoms with Crippen molar-refractivity contribution < 1.29 is 14.9 Å². The molecule has 3 rings (SSSR count). The molecule has 5 heteroatoms. The molecule has 1 aromatic carbocycles. The maximum Gasteiger partial charge on any atom is 0.118 e. The summed E-state index contributed by atoms with van der Waals surface area (Å²) in [5, 5.41) is 24.2. The van der Waals surface area contributed by atoms with E-state index >= 15 is 0 Å². The molecule has 2 aliphatic rings. The van der Waals surface area contributed by atoms with Crippen molar-refractivity contribution >= 4 is 0 Å². The van der Waals surface area contributed by atoms with Gasteiger partial charge >= 0.3 is 0 Å². The molecule has 23 heavy (non-hydrogen) atoms. The highest BCUT2D eigenvalue weighted by Crippen LogP contribution is 2.36. The zero-order valence-corrected chi connectivity index (χ0v) is 14.0. The van der Waals surface area contributed by atoms with Crippen LogP contribution in [0.3, 0.4) is 0 Å². The standard InChI is InChI=1S/C18H28N2O3/c1-20-9-7-13(8-10-20)19-17-15(11-16(21)18(17)22)12-3-5-14(23-2)6-4-12/h3-6,13,15-19,21-22H,7-11H2,1-2H3/t15-,16-,17-,18-/m1/s1. The van der Waals surface area contributed by atoms with Gasteiger partial charge < -0.3 is 25.2 Å². The van der Waals surface area contributed by atoms with E-state index in [2.05, 4.69) is 17.3 Å². The van der Waals surface area contributed by atoms with E-state index in [0.29, 0.717) is 12.5 Å². The van der Waals surface area contributed by atoms with Crippen LogP contribution in [0.15, 0.2) is 24.3 Å². The van der Waals surface area contributed by atoms with Gasteiger partial charge in [-0.1, -0.05) is 12.1 Å². The molecule has 0 aromatic heterocycles. The van der Waals surface area contributed by atoms with Gasteiger partial charge in [-0.25, -0.2) is 0 Å². The molecular weight excluding hydrogens is 292 g/mol. The number of piperidine rings is 1. The zero-order chi connectivity index (χ0) is 16.4. The SMILES string of the molecule is COc1ccc([C@H]2C[C@@H](O)[C@@H](O)[C@@H]2NC2CCN(C)CC2)cc1. The minimum Gasteiger partial charge on any atom is -0.497 e. The Balaban J connectivity index is 1.72. The lowest BCUT2D eigenvalue weighted by Crippen LogP contribution is -2.50. The normalized spacial score (nSPS) is 33.0. The number of nitrogens with one attached hydrogen (secondary N) is 1. The van der Waals surface area contributed by atoms with Crippen LogP contribution in [0.4, 0.5) is 0 Å². The molecule has 1 saturated carbocycles. The van der Waals surface area contributed by atoms with Gasteiger partial charge in [-0.15, -0.1) is 0 Å². The number of aliphatic hydroxyl groups is 2. The van der Waals surface area contributed by atoms with Crippen molar-refractivity contribution in [3.05, 3.63) is 29.8 Å². The summed E-state index contributed by atoms with van der Waals surface area (Å²) >= 11 is 0. The zero-order valence-electron chi connectivity index (χ0n) is 14.0. The fraction of sp³-hybridized carbons (Fsp3) is 0.667. The number of likely N-dealkylation sites (tertiary alicyclic amines) is 1. The summed E-state index contributed by atoms with van der Waals surface area (Å²) < 4.78 is 5.21. The van der Waals surface area contributed by atoms with Gasteiger partial charge in [-0.2, -0.15) is 0 Å². The number of aliphatic hydroxyl groups excluding tert-OH is 2. The first-order valence-corrected chi connectivity index (χ1v) is 8.53. The topological polar surface area (TPSA) is 65.0 Å². The van der Waals surface area contributed by atoms with Crippen LogP contribution < -0.4 is 10.1 Å². The first-order chi connectivity index (χ1) is 11.1.